The van der Waals surface area contributed by atoms with Gasteiger partial charge in [0.15, 0.2) is 0 Å². The Balaban J connectivity index is 1.87. The Morgan fingerprint density at radius 1 is 0.857 bits per heavy atom. The number of carbonyl (C=O) groups is 1. The van der Waals surface area contributed by atoms with Crippen molar-refractivity contribution in [1.82, 2.24) is 4.90 Å². The topological polar surface area (TPSA) is 32.8 Å². The Hall–Kier alpha value is -3.18. The van der Waals surface area contributed by atoms with E-state index in [1.165, 1.54) is 24.3 Å². The summed E-state index contributed by atoms with van der Waals surface area (Å²) < 4.78 is 19.0. The Labute approximate surface area is 164 Å². The average molecular weight is 378 g/mol. The molecule has 0 saturated carbocycles. The maximum absolute atomic E-state index is 13.3. The number of para-hydroxylation sites is 1. The fraction of sp³-hybridized carbons (Fsp3) is 0.174. The number of amides is 1. The normalized spacial score (nSPS) is 10.7. The number of rotatable bonds is 7. The lowest BCUT2D eigenvalue weighted by molar-refractivity contribution is 0.0999. The zero-order valence-corrected chi connectivity index (χ0v) is 16.0. The van der Waals surface area contributed by atoms with Gasteiger partial charge in [0.2, 0.25) is 0 Å². The summed E-state index contributed by atoms with van der Waals surface area (Å²) in [5.74, 6) is 0.141. The molecule has 5 heteroatoms. The molecule has 4 nitrogen and oxygen atoms in total. The second-order valence-corrected chi connectivity index (χ2v) is 6.63. The molecule has 28 heavy (non-hydrogen) atoms. The molecule has 3 aromatic carbocycles. The molecule has 0 saturated heterocycles. The minimum absolute atomic E-state index is 0.229. The van der Waals surface area contributed by atoms with Crippen LogP contribution in [-0.4, -0.2) is 38.1 Å². The van der Waals surface area contributed by atoms with Gasteiger partial charge in [0, 0.05) is 23.5 Å². The Morgan fingerprint density at radius 3 is 2.07 bits per heavy atom. The molecular formula is C23H23FN2O2. The van der Waals surface area contributed by atoms with Gasteiger partial charge in [-0.15, -0.1) is 0 Å². The smallest absolute Gasteiger partial charge is 0.262 e. The third kappa shape index (κ3) is 4.96. The van der Waals surface area contributed by atoms with Gasteiger partial charge in [0.25, 0.3) is 5.91 Å². The Morgan fingerprint density at radius 2 is 1.46 bits per heavy atom. The number of halogens is 1. The van der Waals surface area contributed by atoms with E-state index in [0.29, 0.717) is 17.9 Å². The highest BCUT2D eigenvalue weighted by Crippen LogP contribution is 2.29. The van der Waals surface area contributed by atoms with Crippen LogP contribution in [0.4, 0.5) is 15.8 Å². The summed E-state index contributed by atoms with van der Waals surface area (Å²) in [5.41, 5.74) is 1.86. The quantitative estimate of drug-likeness (QED) is 0.595. The predicted molar refractivity (Wildman–Crippen MR) is 110 cm³/mol. The third-order valence-electron chi connectivity index (χ3n) is 4.21. The van der Waals surface area contributed by atoms with Crippen LogP contribution in [0.3, 0.4) is 0 Å². The summed E-state index contributed by atoms with van der Waals surface area (Å²) in [6, 6.07) is 22.3. The SMILES string of the molecule is CN(C)CCOc1ccc(N(C(=O)c2ccc(F)cc2)c2ccccc2)cc1. The van der Waals surface area contributed by atoms with E-state index in [4.69, 9.17) is 4.74 Å². The van der Waals surface area contributed by atoms with Crippen LogP contribution < -0.4 is 9.64 Å². The highest BCUT2D eigenvalue weighted by Gasteiger charge is 2.20. The summed E-state index contributed by atoms with van der Waals surface area (Å²) in [5, 5.41) is 0. The fourth-order valence-electron chi connectivity index (χ4n) is 2.72. The van der Waals surface area contributed by atoms with Crippen LogP contribution in [-0.2, 0) is 0 Å². The standard InChI is InChI=1S/C23H23FN2O2/c1-25(2)16-17-28-22-14-12-21(13-15-22)26(20-6-4-3-5-7-20)23(27)18-8-10-19(24)11-9-18/h3-15H,16-17H2,1-2H3. The molecule has 0 aromatic heterocycles. The van der Waals surface area contributed by atoms with E-state index in [1.54, 1.807) is 4.90 Å². The van der Waals surface area contributed by atoms with Crippen molar-refractivity contribution in [1.29, 1.82) is 0 Å². The number of benzene rings is 3. The minimum atomic E-state index is -0.373. The van der Waals surface area contributed by atoms with Gasteiger partial charge in [-0.1, -0.05) is 18.2 Å². The molecule has 0 heterocycles. The van der Waals surface area contributed by atoms with Crippen LogP contribution in [0.5, 0.6) is 5.75 Å². The highest BCUT2D eigenvalue weighted by molar-refractivity contribution is 6.10. The van der Waals surface area contributed by atoms with Crippen molar-refractivity contribution in [3.8, 4) is 5.75 Å². The van der Waals surface area contributed by atoms with Crippen LogP contribution in [0, 0.1) is 5.82 Å². The second kappa shape index (κ2) is 9.15. The monoisotopic (exact) mass is 378 g/mol. The molecule has 0 atom stereocenters. The van der Waals surface area contributed by atoms with Crippen molar-refractivity contribution in [3.05, 3.63) is 90.2 Å². The molecule has 1 amide bonds. The second-order valence-electron chi connectivity index (χ2n) is 6.63. The predicted octanol–water partition coefficient (Wildman–Crippen LogP) is 4.74. The van der Waals surface area contributed by atoms with E-state index in [9.17, 15) is 9.18 Å². The molecule has 144 valence electrons. The van der Waals surface area contributed by atoms with E-state index in [-0.39, 0.29) is 11.7 Å². The highest BCUT2D eigenvalue weighted by atomic mass is 19.1. The summed E-state index contributed by atoms with van der Waals surface area (Å²) in [6.07, 6.45) is 0. The lowest BCUT2D eigenvalue weighted by atomic mass is 10.1. The fourth-order valence-corrected chi connectivity index (χ4v) is 2.72. The summed E-state index contributed by atoms with van der Waals surface area (Å²) in [6.45, 7) is 1.41. The molecule has 0 unspecified atom stereocenters. The maximum atomic E-state index is 13.3. The largest absolute Gasteiger partial charge is 0.492 e. The first kappa shape index (κ1) is 19.6. The van der Waals surface area contributed by atoms with Crippen LogP contribution in [0.25, 0.3) is 0 Å². The number of hydrogen-bond acceptors (Lipinski definition) is 3. The van der Waals surface area contributed by atoms with Gasteiger partial charge < -0.3 is 9.64 Å². The zero-order chi connectivity index (χ0) is 19.9. The lowest BCUT2D eigenvalue weighted by Gasteiger charge is -2.23. The first-order chi connectivity index (χ1) is 13.5. The Kier molecular flexibility index (Phi) is 6.40. The van der Waals surface area contributed by atoms with Gasteiger partial charge in [0.1, 0.15) is 18.2 Å². The van der Waals surface area contributed by atoms with Gasteiger partial charge in [-0.25, -0.2) is 4.39 Å². The number of anilines is 2. The van der Waals surface area contributed by atoms with Crippen molar-refractivity contribution in [3.63, 3.8) is 0 Å². The van der Waals surface area contributed by atoms with Crippen molar-refractivity contribution in [2.45, 2.75) is 0 Å². The first-order valence-corrected chi connectivity index (χ1v) is 9.07. The first-order valence-electron chi connectivity index (χ1n) is 9.07. The van der Waals surface area contributed by atoms with Crippen molar-refractivity contribution >= 4 is 17.3 Å². The summed E-state index contributed by atoms with van der Waals surface area (Å²) >= 11 is 0. The Bertz CT molecular complexity index is 894. The van der Waals surface area contributed by atoms with Crippen LogP contribution in [0.2, 0.25) is 0 Å². The van der Waals surface area contributed by atoms with Gasteiger partial charge in [-0.2, -0.15) is 0 Å². The molecule has 3 aromatic rings. The molecule has 0 N–H and O–H groups in total. The third-order valence-corrected chi connectivity index (χ3v) is 4.21. The van der Waals surface area contributed by atoms with Gasteiger partial charge in [0.05, 0.1) is 0 Å². The molecular weight excluding hydrogens is 355 g/mol. The van der Waals surface area contributed by atoms with Crippen molar-refractivity contribution in [2.75, 3.05) is 32.1 Å². The van der Waals surface area contributed by atoms with E-state index in [0.717, 1.165) is 18.0 Å². The molecule has 0 aliphatic carbocycles. The molecule has 0 aliphatic rings. The summed E-state index contributed by atoms with van der Waals surface area (Å²) in [4.78, 5) is 16.8. The molecule has 0 fully saturated rings. The molecule has 0 bridgehead atoms. The van der Waals surface area contributed by atoms with Gasteiger partial charge in [-0.05, 0) is 74.8 Å². The minimum Gasteiger partial charge on any atom is -0.492 e. The van der Waals surface area contributed by atoms with E-state index in [2.05, 4.69) is 0 Å². The molecule has 0 aliphatic heterocycles. The van der Waals surface area contributed by atoms with Gasteiger partial charge in [-0.3, -0.25) is 9.69 Å². The number of nitrogens with zero attached hydrogens (tertiary/aromatic N) is 2. The molecule has 0 spiro atoms. The number of hydrogen-bond donors (Lipinski definition) is 0. The van der Waals surface area contributed by atoms with Crippen molar-refractivity contribution in [2.24, 2.45) is 0 Å². The van der Waals surface area contributed by atoms with Crippen molar-refractivity contribution < 1.29 is 13.9 Å². The molecule has 0 radical (unpaired) electrons. The zero-order valence-electron chi connectivity index (χ0n) is 16.0. The van der Waals surface area contributed by atoms with E-state index in [1.807, 2.05) is 73.6 Å². The van der Waals surface area contributed by atoms with E-state index >= 15 is 0 Å². The maximum Gasteiger partial charge on any atom is 0.262 e. The van der Waals surface area contributed by atoms with Crippen LogP contribution >= 0.6 is 0 Å². The number of ether oxygens (including phenoxy) is 1. The lowest BCUT2D eigenvalue weighted by Crippen LogP contribution is -2.26. The number of carbonyl (C=O) groups excluding carboxylic acids is 1. The van der Waals surface area contributed by atoms with Gasteiger partial charge >= 0.3 is 0 Å². The van der Waals surface area contributed by atoms with Crippen LogP contribution in [0.1, 0.15) is 10.4 Å². The van der Waals surface area contributed by atoms with E-state index < -0.39 is 0 Å². The van der Waals surface area contributed by atoms with Crippen LogP contribution in [0.15, 0.2) is 78.9 Å². The average Bonchev–Trinajstić information content (AvgIpc) is 2.70. The molecule has 3 rings (SSSR count). The summed E-state index contributed by atoms with van der Waals surface area (Å²) in [7, 11) is 3.98. The number of likely N-dealkylation sites (N-methyl/N-ethyl adjacent to an activating group) is 1.